The molecule has 0 amide bonds. The number of carbonyl (C=O) groups excluding carboxylic acids is 1. The molecule has 0 heterocycles. The Labute approximate surface area is 87.6 Å². The summed E-state index contributed by atoms with van der Waals surface area (Å²) in [7, 11) is 2.83. The average molecular weight is 215 g/mol. The van der Waals surface area contributed by atoms with E-state index in [-0.39, 0.29) is 0 Å². The molecule has 0 aliphatic rings. The fourth-order valence-corrected chi connectivity index (χ4v) is 1.38. The molecule has 0 spiro atoms. The second kappa shape index (κ2) is 4.86. The standard InChI is InChI=1S/C10H11ClO3/c1-13-8-6-4-3-5-7(8)9(11)10(12)14-2/h3-6,9H,1-2H3. The second-order valence-corrected chi connectivity index (χ2v) is 3.06. The van der Waals surface area contributed by atoms with E-state index < -0.39 is 11.3 Å². The van der Waals surface area contributed by atoms with Crippen LogP contribution in [0.1, 0.15) is 10.9 Å². The van der Waals surface area contributed by atoms with E-state index in [9.17, 15) is 4.79 Å². The first-order valence-electron chi connectivity index (χ1n) is 4.05. The molecule has 1 unspecified atom stereocenters. The molecule has 3 nitrogen and oxygen atoms in total. The fourth-order valence-electron chi connectivity index (χ4n) is 1.11. The molecule has 0 radical (unpaired) electrons. The summed E-state index contributed by atoms with van der Waals surface area (Å²) >= 11 is 5.89. The van der Waals surface area contributed by atoms with Crippen molar-refractivity contribution in [1.82, 2.24) is 0 Å². The number of hydrogen-bond donors (Lipinski definition) is 0. The molecule has 0 N–H and O–H groups in total. The van der Waals surface area contributed by atoms with Crippen LogP contribution in [-0.4, -0.2) is 20.2 Å². The molecule has 0 aliphatic heterocycles. The van der Waals surface area contributed by atoms with Crippen molar-refractivity contribution in [3.8, 4) is 5.75 Å². The van der Waals surface area contributed by atoms with Gasteiger partial charge in [0.05, 0.1) is 14.2 Å². The average Bonchev–Trinajstić information content (AvgIpc) is 2.26. The lowest BCUT2D eigenvalue weighted by Crippen LogP contribution is -2.09. The monoisotopic (exact) mass is 214 g/mol. The Morgan fingerprint density at radius 3 is 2.57 bits per heavy atom. The summed E-state index contributed by atoms with van der Waals surface area (Å²) in [5.41, 5.74) is 0.614. The van der Waals surface area contributed by atoms with E-state index >= 15 is 0 Å². The molecule has 1 rings (SSSR count). The van der Waals surface area contributed by atoms with Crippen LogP contribution in [-0.2, 0) is 9.53 Å². The summed E-state index contributed by atoms with van der Waals surface area (Å²) in [6, 6.07) is 7.07. The molecule has 0 aromatic heterocycles. The van der Waals surface area contributed by atoms with Crippen LogP contribution in [0, 0.1) is 0 Å². The maximum absolute atomic E-state index is 11.2. The number of esters is 1. The van der Waals surface area contributed by atoms with Crippen molar-refractivity contribution in [2.45, 2.75) is 5.38 Å². The van der Waals surface area contributed by atoms with Crippen LogP contribution in [0.25, 0.3) is 0 Å². The van der Waals surface area contributed by atoms with Gasteiger partial charge < -0.3 is 9.47 Å². The zero-order valence-electron chi connectivity index (χ0n) is 7.99. The van der Waals surface area contributed by atoms with Gasteiger partial charge in [-0.15, -0.1) is 11.6 Å². The van der Waals surface area contributed by atoms with Gasteiger partial charge in [0, 0.05) is 5.56 Å². The lowest BCUT2D eigenvalue weighted by Gasteiger charge is -2.11. The quantitative estimate of drug-likeness (QED) is 0.571. The molecule has 1 aromatic carbocycles. The Morgan fingerprint density at radius 2 is 2.00 bits per heavy atom. The van der Waals surface area contributed by atoms with Crippen molar-refractivity contribution in [3.05, 3.63) is 29.8 Å². The third-order valence-electron chi connectivity index (χ3n) is 1.82. The van der Waals surface area contributed by atoms with Gasteiger partial charge in [0.25, 0.3) is 0 Å². The van der Waals surface area contributed by atoms with Crippen LogP contribution in [0.4, 0.5) is 0 Å². The van der Waals surface area contributed by atoms with Crippen molar-refractivity contribution in [2.75, 3.05) is 14.2 Å². The van der Waals surface area contributed by atoms with Crippen LogP contribution < -0.4 is 4.74 Å². The minimum absolute atomic E-state index is 0.490. The van der Waals surface area contributed by atoms with E-state index in [0.717, 1.165) is 0 Å². The van der Waals surface area contributed by atoms with E-state index in [1.54, 1.807) is 18.2 Å². The third kappa shape index (κ3) is 2.17. The first kappa shape index (κ1) is 10.9. The zero-order valence-corrected chi connectivity index (χ0v) is 8.75. The van der Waals surface area contributed by atoms with Gasteiger partial charge in [0.15, 0.2) is 5.38 Å². The maximum Gasteiger partial charge on any atom is 0.328 e. The maximum atomic E-state index is 11.2. The summed E-state index contributed by atoms with van der Waals surface area (Å²) in [6.07, 6.45) is 0. The van der Waals surface area contributed by atoms with Crippen molar-refractivity contribution in [3.63, 3.8) is 0 Å². The molecule has 0 aliphatic carbocycles. The van der Waals surface area contributed by atoms with Crippen LogP contribution in [0.3, 0.4) is 0 Å². The van der Waals surface area contributed by atoms with Crippen molar-refractivity contribution in [2.24, 2.45) is 0 Å². The van der Waals surface area contributed by atoms with Crippen LogP contribution in [0.15, 0.2) is 24.3 Å². The number of halogens is 1. The number of rotatable bonds is 3. The van der Waals surface area contributed by atoms with E-state index in [4.69, 9.17) is 16.3 Å². The number of ether oxygens (including phenoxy) is 2. The molecule has 1 aromatic rings. The number of benzene rings is 1. The van der Waals surface area contributed by atoms with E-state index in [1.165, 1.54) is 14.2 Å². The van der Waals surface area contributed by atoms with Crippen molar-refractivity contribution in [1.29, 1.82) is 0 Å². The minimum Gasteiger partial charge on any atom is -0.496 e. The number of para-hydroxylation sites is 1. The van der Waals surface area contributed by atoms with Gasteiger partial charge in [-0.05, 0) is 6.07 Å². The number of carbonyl (C=O) groups is 1. The summed E-state index contributed by atoms with van der Waals surface area (Å²) < 4.78 is 9.61. The third-order valence-corrected chi connectivity index (χ3v) is 2.23. The lowest BCUT2D eigenvalue weighted by molar-refractivity contribution is -0.140. The van der Waals surface area contributed by atoms with Crippen LogP contribution in [0.5, 0.6) is 5.75 Å². The van der Waals surface area contributed by atoms with Crippen LogP contribution in [0.2, 0.25) is 0 Å². The van der Waals surface area contributed by atoms with Gasteiger partial charge in [-0.1, -0.05) is 18.2 Å². The normalized spacial score (nSPS) is 11.9. The first-order valence-corrected chi connectivity index (χ1v) is 4.49. The van der Waals surface area contributed by atoms with Gasteiger partial charge in [-0.2, -0.15) is 0 Å². The molecule has 1 atom stereocenters. The largest absolute Gasteiger partial charge is 0.496 e. The Hall–Kier alpha value is -1.22. The molecule has 14 heavy (non-hydrogen) atoms. The van der Waals surface area contributed by atoms with E-state index in [0.29, 0.717) is 11.3 Å². The molecule has 76 valence electrons. The Kier molecular flexibility index (Phi) is 3.77. The molecule has 0 saturated carbocycles. The molecule has 0 bridgehead atoms. The first-order chi connectivity index (χ1) is 6.70. The van der Waals surface area contributed by atoms with Crippen molar-refractivity contribution >= 4 is 17.6 Å². The number of methoxy groups -OCH3 is 2. The highest BCUT2D eigenvalue weighted by Crippen LogP contribution is 2.29. The van der Waals surface area contributed by atoms with Gasteiger partial charge in [-0.25, -0.2) is 0 Å². The Balaban J connectivity index is 2.99. The van der Waals surface area contributed by atoms with Crippen LogP contribution >= 0.6 is 11.6 Å². The highest BCUT2D eigenvalue weighted by molar-refractivity contribution is 6.30. The zero-order chi connectivity index (χ0) is 10.6. The van der Waals surface area contributed by atoms with E-state index in [2.05, 4.69) is 4.74 Å². The second-order valence-electron chi connectivity index (χ2n) is 2.63. The highest BCUT2D eigenvalue weighted by Gasteiger charge is 2.21. The molecule has 0 fully saturated rings. The van der Waals surface area contributed by atoms with Gasteiger partial charge >= 0.3 is 5.97 Å². The summed E-state index contributed by atoms with van der Waals surface area (Å²) in [5, 5.41) is -0.823. The minimum atomic E-state index is -0.823. The predicted octanol–water partition coefficient (Wildman–Crippen LogP) is 2.15. The molecule has 4 heteroatoms. The molecule has 0 saturated heterocycles. The summed E-state index contributed by atoms with van der Waals surface area (Å²) in [5.74, 6) is 0.0917. The number of hydrogen-bond acceptors (Lipinski definition) is 3. The molecular weight excluding hydrogens is 204 g/mol. The SMILES string of the molecule is COC(=O)C(Cl)c1ccccc1OC. The topological polar surface area (TPSA) is 35.5 Å². The Bertz CT molecular complexity index is 325. The van der Waals surface area contributed by atoms with Gasteiger partial charge in [-0.3, -0.25) is 4.79 Å². The Morgan fingerprint density at radius 1 is 1.36 bits per heavy atom. The van der Waals surface area contributed by atoms with E-state index in [1.807, 2.05) is 6.07 Å². The smallest absolute Gasteiger partial charge is 0.328 e. The summed E-state index contributed by atoms with van der Waals surface area (Å²) in [6.45, 7) is 0. The number of alkyl halides is 1. The van der Waals surface area contributed by atoms with Crippen molar-refractivity contribution < 1.29 is 14.3 Å². The lowest BCUT2D eigenvalue weighted by atomic mass is 10.1. The highest BCUT2D eigenvalue weighted by atomic mass is 35.5. The van der Waals surface area contributed by atoms with Gasteiger partial charge in [0.2, 0.25) is 0 Å². The molecular formula is C10H11ClO3. The predicted molar refractivity (Wildman–Crippen MR) is 53.6 cm³/mol. The van der Waals surface area contributed by atoms with Gasteiger partial charge in [0.1, 0.15) is 5.75 Å². The fraction of sp³-hybridized carbons (Fsp3) is 0.300. The summed E-state index contributed by atoms with van der Waals surface area (Å²) in [4.78, 5) is 11.2.